The van der Waals surface area contributed by atoms with Crippen molar-refractivity contribution in [1.82, 2.24) is 5.43 Å². The maximum absolute atomic E-state index is 12.2. The van der Waals surface area contributed by atoms with Crippen LogP contribution < -0.4 is 20.2 Å². The van der Waals surface area contributed by atoms with Gasteiger partial charge in [0.1, 0.15) is 11.5 Å². The van der Waals surface area contributed by atoms with Gasteiger partial charge in [0.25, 0.3) is 5.91 Å². The summed E-state index contributed by atoms with van der Waals surface area (Å²) in [6.45, 7) is 1.62. The monoisotopic (exact) mass is 423 g/mol. The van der Waals surface area contributed by atoms with Crippen molar-refractivity contribution < 1.29 is 19.1 Å². The molecule has 0 aliphatic rings. The number of nitrogens with one attached hydrogen (secondary N) is 2. The molecule has 0 saturated carbocycles. The van der Waals surface area contributed by atoms with E-state index < -0.39 is 5.91 Å². The molecule has 7 nitrogen and oxygen atoms in total. The first kappa shape index (κ1) is 21.5. The number of carbonyl (C=O) groups is 2. The molecule has 2 rings (SSSR count). The molecule has 9 heteroatoms. The topological polar surface area (TPSA) is 89.0 Å². The number of hydrogen-bond donors (Lipinski definition) is 2. The summed E-state index contributed by atoms with van der Waals surface area (Å²) < 4.78 is 10.4. The van der Waals surface area contributed by atoms with E-state index in [2.05, 4.69) is 15.8 Å². The van der Waals surface area contributed by atoms with Crippen LogP contribution in [0.15, 0.2) is 41.5 Å². The summed E-state index contributed by atoms with van der Waals surface area (Å²) >= 11 is 11.8. The van der Waals surface area contributed by atoms with Gasteiger partial charge >= 0.3 is 0 Å². The summed E-state index contributed by atoms with van der Waals surface area (Å²) in [7, 11) is 3.03. The molecule has 0 fully saturated rings. The lowest BCUT2D eigenvalue weighted by molar-refractivity contribution is -0.115. The van der Waals surface area contributed by atoms with Gasteiger partial charge in [-0.15, -0.1) is 0 Å². The van der Waals surface area contributed by atoms with E-state index in [1.54, 1.807) is 38.3 Å². The van der Waals surface area contributed by atoms with Gasteiger partial charge in [0.05, 0.1) is 36.9 Å². The Morgan fingerprint density at radius 3 is 2.46 bits per heavy atom. The van der Waals surface area contributed by atoms with Crippen molar-refractivity contribution in [3.8, 4) is 11.5 Å². The Morgan fingerprint density at radius 1 is 1.07 bits per heavy atom. The number of methoxy groups -OCH3 is 2. The van der Waals surface area contributed by atoms with E-state index in [0.717, 1.165) is 0 Å². The maximum atomic E-state index is 12.2. The fourth-order valence-electron chi connectivity index (χ4n) is 2.25. The molecule has 148 valence electrons. The van der Waals surface area contributed by atoms with E-state index in [4.69, 9.17) is 32.7 Å². The third kappa shape index (κ3) is 5.87. The van der Waals surface area contributed by atoms with Gasteiger partial charge in [-0.3, -0.25) is 9.59 Å². The van der Waals surface area contributed by atoms with E-state index in [1.807, 2.05) is 0 Å². The highest BCUT2D eigenvalue weighted by Gasteiger charge is 2.12. The summed E-state index contributed by atoms with van der Waals surface area (Å²) in [6, 6.07) is 9.54. The van der Waals surface area contributed by atoms with Gasteiger partial charge in [0.15, 0.2) is 0 Å². The number of benzene rings is 2. The highest BCUT2D eigenvalue weighted by atomic mass is 35.5. The minimum Gasteiger partial charge on any atom is -0.497 e. The first-order chi connectivity index (χ1) is 13.3. The molecule has 2 N–H and O–H groups in total. The van der Waals surface area contributed by atoms with Crippen LogP contribution >= 0.6 is 23.2 Å². The van der Waals surface area contributed by atoms with Crippen molar-refractivity contribution in [2.45, 2.75) is 13.3 Å². The Kier molecular flexibility index (Phi) is 7.66. The minimum absolute atomic E-state index is 0.0240. The van der Waals surface area contributed by atoms with Gasteiger partial charge in [-0.1, -0.05) is 23.2 Å². The molecular formula is C19H19Cl2N3O4. The maximum Gasteiger partial charge on any atom is 0.272 e. The van der Waals surface area contributed by atoms with E-state index in [0.29, 0.717) is 27.9 Å². The smallest absolute Gasteiger partial charge is 0.272 e. The second-order valence-corrected chi connectivity index (χ2v) is 6.55. The van der Waals surface area contributed by atoms with Crippen LogP contribution in [-0.2, 0) is 4.79 Å². The summed E-state index contributed by atoms with van der Waals surface area (Å²) in [5.74, 6) is 0.255. The molecule has 0 aliphatic carbocycles. The standard InChI is InChI=1S/C19H19Cl2N3O4/c1-11(23-24-19(26)14-6-4-12(20)9-15(14)21)8-18(25)22-16-7-5-13(27-2)10-17(16)28-3/h4-7,9-10H,8H2,1-3H3,(H,22,25)(H,24,26). The number of nitrogens with zero attached hydrogens (tertiary/aromatic N) is 1. The average Bonchev–Trinajstić information content (AvgIpc) is 2.66. The van der Waals surface area contributed by atoms with Crippen molar-refractivity contribution in [1.29, 1.82) is 0 Å². The number of amides is 2. The van der Waals surface area contributed by atoms with Crippen molar-refractivity contribution in [3.05, 3.63) is 52.0 Å². The highest BCUT2D eigenvalue weighted by molar-refractivity contribution is 6.36. The molecule has 0 unspecified atom stereocenters. The third-order valence-corrected chi connectivity index (χ3v) is 4.17. The zero-order chi connectivity index (χ0) is 20.7. The summed E-state index contributed by atoms with van der Waals surface area (Å²) in [5, 5.41) is 7.29. The van der Waals surface area contributed by atoms with Crippen molar-refractivity contribution in [3.63, 3.8) is 0 Å². The lowest BCUT2D eigenvalue weighted by Crippen LogP contribution is -2.22. The van der Waals surface area contributed by atoms with Crippen LogP contribution in [0, 0.1) is 0 Å². The van der Waals surface area contributed by atoms with E-state index in [1.165, 1.54) is 19.2 Å². The van der Waals surface area contributed by atoms with E-state index in [-0.39, 0.29) is 22.9 Å². The number of rotatable bonds is 7. The van der Waals surface area contributed by atoms with Crippen molar-refractivity contribution >= 4 is 46.4 Å². The predicted octanol–water partition coefficient (Wildman–Crippen LogP) is 4.15. The Morgan fingerprint density at radius 2 is 1.82 bits per heavy atom. The largest absolute Gasteiger partial charge is 0.497 e. The Hall–Kier alpha value is -2.77. The van der Waals surface area contributed by atoms with Crippen LogP contribution in [0.1, 0.15) is 23.7 Å². The van der Waals surface area contributed by atoms with Gasteiger partial charge < -0.3 is 14.8 Å². The van der Waals surface area contributed by atoms with Crippen LogP contribution in [0.25, 0.3) is 0 Å². The molecule has 2 aromatic rings. The summed E-state index contributed by atoms with van der Waals surface area (Å²) in [4.78, 5) is 24.4. The van der Waals surface area contributed by atoms with Gasteiger partial charge in [0.2, 0.25) is 5.91 Å². The summed E-state index contributed by atoms with van der Waals surface area (Å²) in [5.41, 5.74) is 3.50. The molecule has 0 radical (unpaired) electrons. The van der Waals surface area contributed by atoms with Crippen LogP contribution in [0.5, 0.6) is 11.5 Å². The van der Waals surface area contributed by atoms with Gasteiger partial charge in [-0.25, -0.2) is 5.43 Å². The molecule has 0 saturated heterocycles. The molecule has 0 atom stereocenters. The Labute approximate surface area is 172 Å². The molecular weight excluding hydrogens is 405 g/mol. The second-order valence-electron chi connectivity index (χ2n) is 5.70. The molecule has 0 heterocycles. The normalized spacial score (nSPS) is 11.0. The number of ether oxygens (including phenoxy) is 2. The number of anilines is 1. The van der Waals surface area contributed by atoms with Crippen LogP contribution in [-0.4, -0.2) is 31.7 Å². The highest BCUT2D eigenvalue weighted by Crippen LogP contribution is 2.29. The molecule has 0 aliphatic heterocycles. The lowest BCUT2D eigenvalue weighted by atomic mass is 10.2. The van der Waals surface area contributed by atoms with Crippen LogP contribution in [0.4, 0.5) is 5.69 Å². The average molecular weight is 424 g/mol. The second kappa shape index (κ2) is 9.96. The Bertz CT molecular complexity index is 916. The first-order valence-corrected chi connectivity index (χ1v) is 8.90. The molecule has 2 aromatic carbocycles. The number of carbonyl (C=O) groups excluding carboxylic acids is 2. The number of hydrazone groups is 1. The minimum atomic E-state index is -0.502. The molecule has 28 heavy (non-hydrogen) atoms. The third-order valence-electron chi connectivity index (χ3n) is 3.62. The molecule has 0 spiro atoms. The van der Waals surface area contributed by atoms with Crippen LogP contribution in [0.2, 0.25) is 10.0 Å². The van der Waals surface area contributed by atoms with E-state index in [9.17, 15) is 9.59 Å². The molecule has 0 bridgehead atoms. The fraction of sp³-hybridized carbons (Fsp3) is 0.211. The number of halogens is 2. The summed E-state index contributed by atoms with van der Waals surface area (Å²) in [6.07, 6.45) is -0.0240. The zero-order valence-electron chi connectivity index (χ0n) is 15.5. The van der Waals surface area contributed by atoms with Gasteiger partial charge in [-0.05, 0) is 37.3 Å². The predicted molar refractivity (Wildman–Crippen MR) is 110 cm³/mol. The quantitative estimate of drug-likeness (QED) is 0.517. The van der Waals surface area contributed by atoms with E-state index >= 15 is 0 Å². The fourth-order valence-corrected chi connectivity index (χ4v) is 2.74. The SMILES string of the molecule is COc1ccc(NC(=O)CC(C)=NNC(=O)c2ccc(Cl)cc2Cl)c(OC)c1. The number of hydrogen-bond acceptors (Lipinski definition) is 5. The first-order valence-electron chi connectivity index (χ1n) is 8.14. The van der Waals surface area contributed by atoms with Gasteiger partial charge in [-0.2, -0.15) is 5.10 Å². The molecule has 0 aromatic heterocycles. The van der Waals surface area contributed by atoms with Crippen molar-refractivity contribution in [2.75, 3.05) is 19.5 Å². The zero-order valence-corrected chi connectivity index (χ0v) is 17.0. The van der Waals surface area contributed by atoms with Crippen molar-refractivity contribution in [2.24, 2.45) is 5.10 Å². The van der Waals surface area contributed by atoms with Crippen LogP contribution in [0.3, 0.4) is 0 Å². The van der Waals surface area contributed by atoms with Gasteiger partial charge in [0, 0.05) is 16.8 Å². The Balaban J connectivity index is 1.97. The lowest BCUT2D eigenvalue weighted by Gasteiger charge is -2.11. The molecule has 2 amide bonds.